The van der Waals surface area contributed by atoms with Crippen molar-refractivity contribution in [2.75, 3.05) is 31.8 Å². The van der Waals surface area contributed by atoms with Gasteiger partial charge in [0.15, 0.2) is 4.98 Å². The van der Waals surface area contributed by atoms with Gasteiger partial charge in [-0.15, -0.1) is 0 Å². The third-order valence-electron chi connectivity index (χ3n) is 5.97. The molecular weight excluding hydrogens is 426 g/mol. The van der Waals surface area contributed by atoms with Gasteiger partial charge in [-0.25, -0.2) is 0 Å². The predicted molar refractivity (Wildman–Crippen MR) is 140 cm³/mol. The molecule has 6 heteroatoms. The van der Waals surface area contributed by atoms with E-state index in [4.69, 9.17) is 14.2 Å². The third-order valence-corrected chi connectivity index (χ3v) is 5.97. The van der Waals surface area contributed by atoms with Gasteiger partial charge in [0.05, 0.1) is 19.8 Å². The van der Waals surface area contributed by atoms with Crippen molar-refractivity contribution < 1.29 is 14.2 Å². The quantitative estimate of drug-likeness (QED) is 0.174. The fraction of sp³-hybridized carbons (Fsp3) is 0.571. The van der Waals surface area contributed by atoms with Gasteiger partial charge < -0.3 is 19.1 Å². The number of ether oxygens (including phenoxy) is 3. The van der Waals surface area contributed by atoms with Crippen LogP contribution in [0, 0.1) is 5.39 Å². The zero-order chi connectivity index (χ0) is 24.6. The molecule has 0 radical (unpaired) electrons. The average molecular weight is 469 g/mol. The van der Waals surface area contributed by atoms with Crippen molar-refractivity contribution in [3.63, 3.8) is 0 Å². The summed E-state index contributed by atoms with van der Waals surface area (Å²) in [5.41, 5.74) is 1.52. The lowest BCUT2D eigenvalue weighted by molar-refractivity contribution is 0.287. The van der Waals surface area contributed by atoms with Gasteiger partial charge in [-0.1, -0.05) is 52.4 Å². The van der Waals surface area contributed by atoms with Gasteiger partial charge in [-0.3, -0.25) is 0 Å². The monoisotopic (exact) mass is 468 g/mol. The fourth-order valence-corrected chi connectivity index (χ4v) is 3.88. The van der Waals surface area contributed by atoms with Crippen LogP contribution in [0.2, 0.25) is 0 Å². The van der Waals surface area contributed by atoms with E-state index in [1.54, 1.807) is 7.11 Å². The van der Waals surface area contributed by atoms with E-state index in [0.29, 0.717) is 24.7 Å². The van der Waals surface area contributed by atoms with Gasteiger partial charge in [0.2, 0.25) is 11.1 Å². The molecule has 0 saturated carbocycles. The summed E-state index contributed by atoms with van der Waals surface area (Å²) in [6.45, 7) is 8.71. The van der Waals surface area contributed by atoms with E-state index in [-0.39, 0.29) is 6.04 Å². The van der Waals surface area contributed by atoms with E-state index in [0.717, 1.165) is 43.0 Å². The maximum Gasteiger partial charge on any atom is 0.426 e. The van der Waals surface area contributed by atoms with Crippen molar-refractivity contribution in [2.24, 2.45) is 0 Å². The summed E-state index contributed by atoms with van der Waals surface area (Å²) in [7, 11) is 1.66. The Bertz CT molecular complexity index is 864. The molecule has 1 atom stereocenters. The number of hydrogen-bond donors (Lipinski definition) is 0. The highest BCUT2D eigenvalue weighted by Crippen LogP contribution is 2.33. The lowest BCUT2D eigenvalue weighted by Gasteiger charge is -2.31. The summed E-state index contributed by atoms with van der Waals surface area (Å²) >= 11 is 0. The number of diazo groups is 1. The van der Waals surface area contributed by atoms with E-state index in [9.17, 15) is 5.39 Å². The number of methoxy groups -OCH3 is 1. The molecular formula is C28H42N3O3+. The molecule has 34 heavy (non-hydrogen) atoms. The van der Waals surface area contributed by atoms with Gasteiger partial charge in [-0.2, -0.15) is 0 Å². The van der Waals surface area contributed by atoms with E-state index >= 15 is 0 Å². The number of nitrogens with zero attached hydrogens (tertiary/aromatic N) is 3. The molecule has 0 aliphatic rings. The summed E-state index contributed by atoms with van der Waals surface area (Å²) in [6.07, 6.45) is 9.29. The van der Waals surface area contributed by atoms with Crippen LogP contribution in [0.5, 0.6) is 17.2 Å². The Balaban J connectivity index is 2.11. The molecule has 0 aromatic heterocycles. The SMILES string of the molecule is CCCCCCOc1cc(N(CCCCCC)C(C)COc2ccc(OC)cc2)ccc1[N+]#N. The van der Waals surface area contributed by atoms with Crippen molar-refractivity contribution in [2.45, 2.75) is 78.2 Å². The van der Waals surface area contributed by atoms with E-state index in [1.165, 1.54) is 32.1 Å². The molecule has 0 aliphatic heterocycles. The van der Waals surface area contributed by atoms with Crippen LogP contribution in [-0.4, -0.2) is 32.9 Å². The number of anilines is 1. The Labute approximate surface area is 205 Å². The molecule has 186 valence electrons. The van der Waals surface area contributed by atoms with Crippen molar-refractivity contribution in [3.05, 3.63) is 47.4 Å². The van der Waals surface area contributed by atoms with Gasteiger partial charge in [-0.05, 0) is 50.1 Å². The largest absolute Gasteiger partial charge is 0.497 e. The molecule has 0 aliphatic carbocycles. The number of rotatable bonds is 17. The Kier molecular flexibility index (Phi) is 12.7. The smallest absolute Gasteiger partial charge is 0.426 e. The molecule has 0 fully saturated rings. The van der Waals surface area contributed by atoms with E-state index < -0.39 is 0 Å². The van der Waals surface area contributed by atoms with Crippen LogP contribution in [-0.2, 0) is 0 Å². The maximum atomic E-state index is 9.45. The van der Waals surface area contributed by atoms with Crippen molar-refractivity contribution >= 4 is 11.4 Å². The van der Waals surface area contributed by atoms with Crippen LogP contribution in [0.3, 0.4) is 0 Å². The van der Waals surface area contributed by atoms with Gasteiger partial charge in [0, 0.05) is 24.4 Å². The van der Waals surface area contributed by atoms with Gasteiger partial charge in [0.25, 0.3) is 0 Å². The summed E-state index contributed by atoms with van der Waals surface area (Å²) in [5.74, 6) is 2.26. The fourth-order valence-electron chi connectivity index (χ4n) is 3.88. The highest BCUT2D eigenvalue weighted by atomic mass is 16.5. The number of unbranched alkanes of at least 4 members (excludes halogenated alkanes) is 6. The number of benzene rings is 2. The summed E-state index contributed by atoms with van der Waals surface area (Å²) in [4.78, 5) is 5.79. The topological polar surface area (TPSA) is 59.1 Å². The van der Waals surface area contributed by atoms with Gasteiger partial charge in [0.1, 0.15) is 18.1 Å². The predicted octanol–water partition coefficient (Wildman–Crippen LogP) is 7.99. The summed E-state index contributed by atoms with van der Waals surface area (Å²) < 4.78 is 17.3. The summed E-state index contributed by atoms with van der Waals surface area (Å²) in [6, 6.07) is 13.7. The molecule has 0 bridgehead atoms. The molecule has 0 amide bonds. The lowest BCUT2D eigenvalue weighted by Crippen LogP contribution is -2.38. The second kappa shape index (κ2) is 15.8. The molecule has 2 aromatic rings. The molecule has 0 spiro atoms. The second-order valence-corrected chi connectivity index (χ2v) is 8.75. The van der Waals surface area contributed by atoms with Crippen LogP contribution in [0.15, 0.2) is 42.5 Å². The average Bonchev–Trinajstić information content (AvgIpc) is 2.87. The van der Waals surface area contributed by atoms with E-state index in [1.807, 2.05) is 42.5 Å². The Morgan fingerprint density at radius 1 is 0.853 bits per heavy atom. The first-order valence-electron chi connectivity index (χ1n) is 12.8. The van der Waals surface area contributed by atoms with Crippen molar-refractivity contribution in [1.29, 1.82) is 5.39 Å². The number of hydrogen-bond acceptors (Lipinski definition) is 5. The molecule has 2 rings (SSSR count). The van der Waals surface area contributed by atoms with E-state index in [2.05, 4.69) is 30.6 Å². The minimum atomic E-state index is 0.151. The van der Waals surface area contributed by atoms with Crippen molar-refractivity contribution in [3.8, 4) is 17.2 Å². The zero-order valence-corrected chi connectivity index (χ0v) is 21.5. The minimum absolute atomic E-state index is 0.151. The van der Waals surface area contributed by atoms with Gasteiger partial charge >= 0.3 is 5.69 Å². The molecule has 6 nitrogen and oxygen atoms in total. The normalized spacial score (nSPS) is 11.5. The van der Waals surface area contributed by atoms with Crippen LogP contribution in [0.4, 0.5) is 11.4 Å². The Morgan fingerprint density at radius 2 is 1.53 bits per heavy atom. The molecule has 0 heterocycles. The van der Waals surface area contributed by atoms with Crippen LogP contribution in [0.1, 0.15) is 72.1 Å². The maximum absolute atomic E-state index is 9.45. The first-order valence-corrected chi connectivity index (χ1v) is 12.8. The summed E-state index contributed by atoms with van der Waals surface area (Å²) in [5, 5.41) is 9.45. The zero-order valence-electron chi connectivity index (χ0n) is 21.5. The van der Waals surface area contributed by atoms with Crippen LogP contribution < -0.4 is 19.1 Å². The second-order valence-electron chi connectivity index (χ2n) is 8.75. The Hall–Kier alpha value is -2.94. The molecule has 1 unspecified atom stereocenters. The first kappa shape index (κ1) is 27.3. The van der Waals surface area contributed by atoms with Crippen molar-refractivity contribution in [1.82, 2.24) is 0 Å². The molecule has 0 N–H and O–H groups in total. The molecule has 0 saturated heterocycles. The first-order chi connectivity index (χ1) is 16.6. The highest BCUT2D eigenvalue weighted by Gasteiger charge is 2.21. The Morgan fingerprint density at radius 3 is 2.18 bits per heavy atom. The standard InChI is InChI=1S/C28H42N3O3/c1-5-7-9-11-19-31(23(3)22-34-26-16-14-25(32-4)15-17-26)24-13-18-27(30-29)28(21-24)33-20-12-10-8-6-2/h13-18,21,23H,5-12,19-20,22H2,1-4H3/q+1. The lowest BCUT2D eigenvalue weighted by atomic mass is 10.1. The minimum Gasteiger partial charge on any atom is -0.497 e. The third kappa shape index (κ3) is 9.13. The highest BCUT2D eigenvalue weighted by molar-refractivity contribution is 5.65. The molecule has 2 aromatic carbocycles. The van der Waals surface area contributed by atoms with Crippen LogP contribution >= 0.6 is 0 Å². The van der Waals surface area contributed by atoms with Crippen LogP contribution in [0.25, 0.3) is 4.98 Å².